The molecule has 1 nitrogen and oxygen atoms in total. The van der Waals surface area contributed by atoms with Crippen molar-refractivity contribution in [2.75, 3.05) is 0 Å². The molecule has 0 fully saturated rings. The van der Waals surface area contributed by atoms with Gasteiger partial charge in [0.1, 0.15) is 0 Å². The zero-order chi connectivity index (χ0) is 7.65. The minimum absolute atomic E-state index is 0.253. The van der Waals surface area contributed by atoms with E-state index in [2.05, 4.69) is 53.3 Å². The van der Waals surface area contributed by atoms with Crippen molar-refractivity contribution in [2.24, 2.45) is 5.41 Å². The van der Waals surface area contributed by atoms with Crippen LogP contribution in [-0.2, 0) is 0 Å². The topological polar surface area (TPSA) is 3.24 Å². The van der Waals surface area contributed by atoms with E-state index in [-0.39, 0.29) is 5.41 Å². The fourth-order valence-electron chi connectivity index (χ4n) is 0.346. The lowest BCUT2D eigenvalue weighted by molar-refractivity contribution is 0.276. The molecule has 0 aliphatic carbocycles. The molecule has 1 unspecified atom stereocenters. The van der Waals surface area contributed by atoms with Crippen molar-refractivity contribution in [1.29, 1.82) is 0 Å². The fraction of sp³-hybridized carbons (Fsp3) is 1.00. The average molecular weight is 165 g/mol. The molecule has 0 radical (unpaired) electrons. The van der Waals surface area contributed by atoms with E-state index in [1.165, 1.54) is 0 Å². The lowest BCUT2D eigenvalue weighted by atomic mass is 9.89. The highest BCUT2D eigenvalue weighted by molar-refractivity contribution is 7.93. The van der Waals surface area contributed by atoms with Gasteiger partial charge in [-0.15, -0.1) is 0 Å². The zero-order valence-electron chi connectivity index (χ0n) is 6.42. The van der Waals surface area contributed by atoms with Crippen molar-refractivity contribution in [3.05, 3.63) is 0 Å². The van der Waals surface area contributed by atoms with Crippen molar-refractivity contribution >= 4 is 25.6 Å². The lowest BCUT2D eigenvalue weighted by Gasteiger charge is -2.30. The van der Waals surface area contributed by atoms with Crippen molar-refractivity contribution < 1.29 is 0 Å². The molecule has 0 saturated heterocycles. The Hall–Kier alpha value is 0.660. The van der Waals surface area contributed by atoms with Gasteiger partial charge in [-0.05, 0) is 12.3 Å². The van der Waals surface area contributed by atoms with Gasteiger partial charge < -0.3 is 0 Å². The van der Waals surface area contributed by atoms with Crippen LogP contribution >= 0.6 is 25.6 Å². The van der Waals surface area contributed by atoms with Crippen LogP contribution in [0.25, 0.3) is 0 Å². The number of thiol groups is 2. The Labute approximate surface area is 68.9 Å². The van der Waals surface area contributed by atoms with Gasteiger partial charge in [-0.3, -0.25) is 0 Å². The second-order valence-corrected chi connectivity index (χ2v) is 4.54. The van der Waals surface area contributed by atoms with E-state index >= 15 is 0 Å². The summed E-state index contributed by atoms with van der Waals surface area (Å²) in [7, 11) is 0. The van der Waals surface area contributed by atoms with Crippen LogP contribution in [0.5, 0.6) is 0 Å². The number of hydrogen-bond acceptors (Lipinski definition) is 3. The highest BCUT2D eigenvalue weighted by atomic mass is 32.2. The van der Waals surface area contributed by atoms with E-state index in [0.29, 0.717) is 6.04 Å². The van der Waals surface area contributed by atoms with Crippen LogP contribution < -0.4 is 0 Å². The molecule has 0 bridgehead atoms. The van der Waals surface area contributed by atoms with Gasteiger partial charge in [0.25, 0.3) is 0 Å². The summed E-state index contributed by atoms with van der Waals surface area (Å²) in [5.41, 5.74) is 0.253. The second-order valence-electron chi connectivity index (χ2n) is 3.36. The maximum atomic E-state index is 4.08. The monoisotopic (exact) mass is 165 g/mol. The first-order valence-corrected chi connectivity index (χ1v) is 3.82. The van der Waals surface area contributed by atoms with E-state index in [1.807, 2.05) is 0 Å². The summed E-state index contributed by atoms with van der Waals surface area (Å²) in [5.74, 6) is 0. The second kappa shape index (κ2) is 3.17. The van der Waals surface area contributed by atoms with E-state index in [9.17, 15) is 0 Å². The van der Waals surface area contributed by atoms with Crippen LogP contribution in [0.1, 0.15) is 27.7 Å². The normalized spacial score (nSPS) is 16.3. The molecular formula is C6H15NS2. The van der Waals surface area contributed by atoms with Gasteiger partial charge in [0.2, 0.25) is 0 Å². The molecule has 0 rings (SSSR count). The molecule has 9 heavy (non-hydrogen) atoms. The van der Waals surface area contributed by atoms with Crippen LogP contribution in [0, 0.1) is 5.41 Å². The molecular weight excluding hydrogens is 150 g/mol. The smallest absolute Gasteiger partial charge is 0.0330 e. The predicted molar refractivity (Wildman–Crippen MR) is 48.7 cm³/mol. The fourth-order valence-corrected chi connectivity index (χ4v) is 1.04. The quantitative estimate of drug-likeness (QED) is 0.564. The van der Waals surface area contributed by atoms with Crippen LogP contribution in [0.15, 0.2) is 0 Å². The van der Waals surface area contributed by atoms with Crippen molar-refractivity contribution in [2.45, 2.75) is 33.7 Å². The van der Waals surface area contributed by atoms with E-state index in [0.717, 1.165) is 0 Å². The molecule has 0 heterocycles. The molecule has 0 aromatic carbocycles. The summed E-state index contributed by atoms with van der Waals surface area (Å²) >= 11 is 8.17. The van der Waals surface area contributed by atoms with Crippen LogP contribution in [0.3, 0.4) is 0 Å². The number of hydrogen-bond donors (Lipinski definition) is 2. The first-order chi connectivity index (χ1) is 3.85. The van der Waals surface area contributed by atoms with E-state index in [4.69, 9.17) is 0 Å². The van der Waals surface area contributed by atoms with Crippen molar-refractivity contribution in [3.63, 3.8) is 0 Å². The molecule has 0 aromatic rings. The Morgan fingerprint density at radius 1 is 1.22 bits per heavy atom. The van der Waals surface area contributed by atoms with Gasteiger partial charge in [0.05, 0.1) is 0 Å². The third-order valence-electron chi connectivity index (χ3n) is 1.60. The largest absolute Gasteiger partial charge is 0.197 e. The minimum Gasteiger partial charge on any atom is -0.197 e. The Morgan fingerprint density at radius 2 is 1.56 bits per heavy atom. The summed E-state index contributed by atoms with van der Waals surface area (Å²) in [6.07, 6.45) is 0. The molecule has 56 valence electrons. The Bertz CT molecular complexity index is 85.5. The SMILES string of the molecule is CC(N(S)S)C(C)(C)C. The zero-order valence-corrected chi connectivity index (χ0v) is 8.21. The summed E-state index contributed by atoms with van der Waals surface area (Å²) in [4.78, 5) is 0. The molecule has 0 aliphatic rings. The molecule has 0 aromatic heterocycles. The standard InChI is InChI=1S/C6H15NS2/c1-5(7(8)9)6(2,3)4/h5,8-9H,1-4H3. The van der Waals surface area contributed by atoms with Gasteiger partial charge in [0.15, 0.2) is 0 Å². The molecule has 0 saturated carbocycles. The average Bonchev–Trinajstić information content (AvgIpc) is 1.62. The van der Waals surface area contributed by atoms with E-state index < -0.39 is 0 Å². The van der Waals surface area contributed by atoms with Crippen LogP contribution in [-0.4, -0.2) is 9.75 Å². The Kier molecular flexibility index (Phi) is 3.40. The molecule has 3 heteroatoms. The maximum Gasteiger partial charge on any atom is 0.0330 e. The number of nitrogens with zero attached hydrogens (tertiary/aromatic N) is 1. The molecule has 1 atom stereocenters. The predicted octanol–water partition coefficient (Wildman–Crippen LogP) is 2.41. The first kappa shape index (κ1) is 9.66. The van der Waals surface area contributed by atoms with E-state index in [1.54, 1.807) is 3.71 Å². The Balaban J connectivity index is 3.88. The maximum absolute atomic E-state index is 4.08. The minimum atomic E-state index is 0.253. The van der Waals surface area contributed by atoms with Gasteiger partial charge >= 0.3 is 0 Å². The van der Waals surface area contributed by atoms with Crippen LogP contribution in [0.4, 0.5) is 0 Å². The molecule has 0 N–H and O–H groups in total. The molecule has 0 spiro atoms. The van der Waals surface area contributed by atoms with Crippen molar-refractivity contribution in [3.8, 4) is 0 Å². The summed E-state index contributed by atoms with van der Waals surface area (Å²) in [5, 5.41) is 0. The first-order valence-electron chi connectivity index (χ1n) is 3.02. The lowest BCUT2D eigenvalue weighted by Crippen LogP contribution is -2.30. The third-order valence-corrected chi connectivity index (χ3v) is 2.29. The van der Waals surface area contributed by atoms with Gasteiger partial charge in [-0.2, -0.15) is 3.71 Å². The van der Waals surface area contributed by atoms with Gasteiger partial charge in [0, 0.05) is 6.04 Å². The van der Waals surface area contributed by atoms with Gasteiger partial charge in [-0.25, -0.2) is 0 Å². The molecule has 0 aliphatic heterocycles. The van der Waals surface area contributed by atoms with Crippen molar-refractivity contribution in [1.82, 2.24) is 3.71 Å². The van der Waals surface area contributed by atoms with Crippen LogP contribution in [0.2, 0.25) is 0 Å². The summed E-state index contributed by atoms with van der Waals surface area (Å²) < 4.78 is 1.64. The highest BCUT2D eigenvalue weighted by Crippen LogP contribution is 2.25. The summed E-state index contributed by atoms with van der Waals surface area (Å²) in [6.45, 7) is 8.59. The van der Waals surface area contributed by atoms with Gasteiger partial charge in [-0.1, -0.05) is 46.4 Å². The highest BCUT2D eigenvalue weighted by Gasteiger charge is 2.22. The number of rotatable bonds is 1. The Morgan fingerprint density at radius 3 is 1.56 bits per heavy atom. The third kappa shape index (κ3) is 3.38. The molecule has 0 amide bonds. The summed E-state index contributed by atoms with van der Waals surface area (Å²) in [6, 6.07) is 0.379.